The number of nitrogens with zero attached hydrogens (tertiary/aromatic N) is 2. The summed E-state index contributed by atoms with van der Waals surface area (Å²) in [5.41, 5.74) is 2.63. The van der Waals surface area contributed by atoms with Crippen molar-refractivity contribution in [1.29, 1.82) is 5.26 Å². The Hall–Kier alpha value is -4.02. The van der Waals surface area contributed by atoms with Crippen LogP contribution in [0.5, 0.6) is 17.2 Å². The first-order valence-electron chi connectivity index (χ1n) is 9.45. The summed E-state index contributed by atoms with van der Waals surface area (Å²) in [6.07, 6.45) is 1.72. The molecule has 162 valence electrons. The Bertz CT molecular complexity index is 1200. The summed E-state index contributed by atoms with van der Waals surface area (Å²) in [6, 6.07) is 18.7. The molecule has 0 N–H and O–H groups in total. The minimum atomic E-state index is -0.453. The summed E-state index contributed by atoms with van der Waals surface area (Å²) in [5, 5.41) is 20.7. The van der Waals surface area contributed by atoms with Gasteiger partial charge < -0.3 is 14.2 Å². The lowest BCUT2D eigenvalue weighted by molar-refractivity contribution is -0.384. The van der Waals surface area contributed by atoms with Crippen LogP contribution in [-0.4, -0.2) is 19.1 Å². The number of hydrogen-bond acceptors (Lipinski definition) is 6. The average Bonchev–Trinajstić information content (AvgIpc) is 2.81. The second-order valence-corrected chi connectivity index (χ2v) is 7.05. The van der Waals surface area contributed by atoms with E-state index in [2.05, 4.69) is 6.07 Å². The smallest absolute Gasteiger partial charge is 0.269 e. The highest BCUT2D eigenvalue weighted by molar-refractivity contribution is 6.32. The third-order valence-corrected chi connectivity index (χ3v) is 4.92. The summed E-state index contributed by atoms with van der Waals surface area (Å²) in [4.78, 5) is 10.3. The molecule has 7 nitrogen and oxygen atoms in total. The van der Waals surface area contributed by atoms with E-state index < -0.39 is 4.92 Å². The molecule has 8 heteroatoms. The van der Waals surface area contributed by atoms with Crippen LogP contribution in [0.25, 0.3) is 11.6 Å². The third-order valence-electron chi connectivity index (χ3n) is 4.62. The highest BCUT2D eigenvalue weighted by Gasteiger charge is 2.10. The van der Waals surface area contributed by atoms with Crippen molar-refractivity contribution in [2.75, 3.05) is 14.2 Å². The third kappa shape index (κ3) is 5.36. The van der Waals surface area contributed by atoms with Crippen molar-refractivity contribution in [3.63, 3.8) is 0 Å². The second-order valence-electron chi connectivity index (χ2n) is 6.64. The Balaban J connectivity index is 1.77. The normalized spacial score (nSPS) is 10.9. The molecule has 0 aliphatic rings. The largest absolute Gasteiger partial charge is 0.493 e. The van der Waals surface area contributed by atoms with Crippen LogP contribution in [0.2, 0.25) is 5.02 Å². The topological polar surface area (TPSA) is 94.6 Å². The van der Waals surface area contributed by atoms with Gasteiger partial charge in [0.15, 0.2) is 11.5 Å². The van der Waals surface area contributed by atoms with Crippen LogP contribution in [0, 0.1) is 21.4 Å². The molecule has 0 saturated heterocycles. The van der Waals surface area contributed by atoms with Gasteiger partial charge in [0, 0.05) is 12.1 Å². The molecule has 3 aromatic carbocycles. The van der Waals surface area contributed by atoms with Crippen LogP contribution in [0.15, 0.2) is 60.7 Å². The van der Waals surface area contributed by atoms with Gasteiger partial charge in [0.05, 0.1) is 35.8 Å². The summed E-state index contributed by atoms with van der Waals surface area (Å²) < 4.78 is 16.3. The number of nitro benzene ring substituents is 1. The molecule has 0 radical (unpaired) electrons. The number of methoxy groups -OCH3 is 2. The highest BCUT2D eigenvalue weighted by Crippen LogP contribution is 2.32. The van der Waals surface area contributed by atoms with Crippen LogP contribution in [-0.2, 0) is 6.61 Å². The van der Waals surface area contributed by atoms with Gasteiger partial charge in [-0.25, -0.2) is 0 Å². The Morgan fingerprint density at radius 2 is 1.72 bits per heavy atom. The fourth-order valence-corrected chi connectivity index (χ4v) is 3.19. The average molecular weight is 451 g/mol. The zero-order chi connectivity index (χ0) is 23.1. The Morgan fingerprint density at radius 3 is 2.31 bits per heavy atom. The summed E-state index contributed by atoms with van der Waals surface area (Å²) in [6.45, 7) is 0.210. The fourth-order valence-electron chi connectivity index (χ4n) is 2.95. The van der Waals surface area contributed by atoms with Crippen molar-refractivity contribution in [2.24, 2.45) is 0 Å². The van der Waals surface area contributed by atoms with Gasteiger partial charge in [-0.3, -0.25) is 10.1 Å². The quantitative estimate of drug-likeness (QED) is 0.183. The summed E-state index contributed by atoms with van der Waals surface area (Å²) in [5.74, 6) is 1.57. The molecule has 32 heavy (non-hydrogen) atoms. The number of non-ortho nitro benzene ring substituents is 1. The molecule has 0 saturated carbocycles. The van der Waals surface area contributed by atoms with E-state index in [4.69, 9.17) is 25.8 Å². The van der Waals surface area contributed by atoms with Gasteiger partial charge in [-0.1, -0.05) is 17.7 Å². The van der Waals surface area contributed by atoms with E-state index in [1.807, 2.05) is 0 Å². The number of hydrogen-bond donors (Lipinski definition) is 0. The molecule has 0 atom stereocenters. The first-order valence-corrected chi connectivity index (χ1v) is 9.83. The minimum Gasteiger partial charge on any atom is -0.493 e. The Morgan fingerprint density at radius 1 is 1.03 bits per heavy atom. The molecule has 0 aliphatic heterocycles. The maximum absolute atomic E-state index is 10.7. The van der Waals surface area contributed by atoms with Crippen LogP contribution in [0.3, 0.4) is 0 Å². The lowest BCUT2D eigenvalue weighted by Gasteiger charge is -2.10. The molecular weight excluding hydrogens is 432 g/mol. The zero-order valence-electron chi connectivity index (χ0n) is 17.4. The van der Waals surface area contributed by atoms with E-state index in [1.54, 1.807) is 61.7 Å². The van der Waals surface area contributed by atoms with E-state index in [-0.39, 0.29) is 12.3 Å². The van der Waals surface area contributed by atoms with E-state index in [0.717, 1.165) is 11.1 Å². The highest BCUT2D eigenvalue weighted by atomic mass is 35.5. The van der Waals surface area contributed by atoms with E-state index in [1.165, 1.54) is 19.2 Å². The number of rotatable bonds is 8. The monoisotopic (exact) mass is 450 g/mol. The van der Waals surface area contributed by atoms with E-state index >= 15 is 0 Å². The number of halogens is 1. The number of benzene rings is 3. The molecule has 0 bridgehead atoms. The molecule has 0 spiro atoms. The zero-order valence-corrected chi connectivity index (χ0v) is 18.1. The summed E-state index contributed by atoms with van der Waals surface area (Å²) >= 11 is 6.36. The second kappa shape index (κ2) is 10.3. The van der Waals surface area contributed by atoms with E-state index in [9.17, 15) is 15.4 Å². The lowest BCUT2D eigenvalue weighted by atomic mass is 10.0. The number of allylic oxidation sites excluding steroid dienone is 1. The predicted octanol–water partition coefficient (Wildman–Crippen LogP) is 5.91. The molecule has 0 fully saturated rings. The standard InChI is InChI=1S/C24H19ClN2O5/c1-30-23-10-6-18(13-24(23)31-2)19(14-26)11-17-5-9-22(21(25)12-17)32-15-16-3-7-20(8-4-16)27(28)29/h3-13H,15H2,1-2H3/b19-11+. The van der Waals surface area contributed by atoms with Crippen LogP contribution in [0.1, 0.15) is 16.7 Å². The van der Waals surface area contributed by atoms with Gasteiger partial charge in [-0.15, -0.1) is 0 Å². The molecule has 0 amide bonds. The van der Waals surface area contributed by atoms with Gasteiger partial charge in [-0.2, -0.15) is 5.26 Å². The molecule has 0 aliphatic carbocycles. The van der Waals surface area contributed by atoms with Crippen LogP contribution >= 0.6 is 11.6 Å². The van der Waals surface area contributed by atoms with Crippen molar-refractivity contribution < 1.29 is 19.1 Å². The van der Waals surface area contributed by atoms with Crippen LogP contribution < -0.4 is 14.2 Å². The van der Waals surface area contributed by atoms with Gasteiger partial charge in [0.1, 0.15) is 12.4 Å². The minimum absolute atomic E-state index is 0.0192. The lowest BCUT2D eigenvalue weighted by Crippen LogP contribution is -1.97. The predicted molar refractivity (Wildman–Crippen MR) is 122 cm³/mol. The fraction of sp³-hybridized carbons (Fsp3) is 0.125. The molecule has 0 heterocycles. The molecule has 3 aromatic rings. The van der Waals surface area contributed by atoms with Gasteiger partial charge >= 0.3 is 0 Å². The maximum Gasteiger partial charge on any atom is 0.269 e. The van der Waals surface area contributed by atoms with Gasteiger partial charge in [0.2, 0.25) is 0 Å². The van der Waals surface area contributed by atoms with Crippen molar-refractivity contribution in [2.45, 2.75) is 6.61 Å². The first-order chi connectivity index (χ1) is 15.4. The SMILES string of the molecule is COc1ccc(/C(C#N)=C/c2ccc(OCc3ccc([N+](=O)[O-])cc3)c(Cl)c2)cc1OC. The molecule has 0 unspecified atom stereocenters. The van der Waals surface area contributed by atoms with Gasteiger partial charge in [-0.05, 0) is 65.2 Å². The first kappa shape index (κ1) is 22.7. The molecular formula is C24H19ClN2O5. The Labute approximate surface area is 190 Å². The molecule has 3 rings (SSSR count). The number of nitro groups is 1. The molecule has 0 aromatic heterocycles. The maximum atomic E-state index is 10.7. The van der Waals surface area contributed by atoms with Crippen LogP contribution in [0.4, 0.5) is 5.69 Å². The van der Waals surface area contributed by atoms with Gasteiger partial charge in [0.25, 0.3) is 5.69 Å². The Kier molecular flexibility index (Phi) is 7.32. The number of ether oxygens (including phenoxy) is 3. The summed E-state index contributed by atoms with van der Waals surface area (Å²) in [7, 11) is 3.08. The van der Waals surface area contributed by atoms with Crippen molar-refractivity contribution in [3.05, 3.63) is 92.5 Å². The van der Waals surface area contributed by atoms with Crippen molar-refractivity contribution in [1.82, 2.24) is 0 Å². The number of nitriles is 1. The van der Waals surface area contributed by atoms with Crippen molar-refractivity contribution in [3.8, 4) is 23.3 Å². The van der Waals surface area contributed by atoms with E-state index in [0.29, 0.717) is 33.4 Å². The van der Waals surface area contributed by atoms with Crippen molar-refractivity contribution >= 4 is 28.9 Å².